The number of rotatable bonds is 2. The van der Waals surface area contributed by atoms with Crippen LogP contribution in [0.5, 0.6) is 0 Å². The molecule has 0 saturated carbocycles. The first-order chi connectivity index (χ1) is 8.65. The van der Waals surface area contributed by atoms with Crippen LogP contribution in [-0.2, 0) is 11.2 Å². The van der Waals surface area contributed by atoms with Crippen LogP contribution in [0.15, 0.2) is 24.3 Å². The predicted molar refractivity (Wildman–Crippen MR) is 67.2 cm³/mol. The van der Waals surface area contributed by atoms with Crippen LogP contribution in [0.25, 0.3) is 0 Å². The second kappa shape index (κ2) is 4.12. The van der Waals surface area contributed by atoms with Crippen LogP contribution in [0.1, 0.15) is 24.0 Å². The Morgan fingerprint density at radius 3 is 2.89 bits per heavy atom. The molecule has 94 valence electrons. The summed E-state index contributed by atoms with van der Waals surface area (Å²) in [6, 6.07) is 8.09. The van der Waals surface area contributed by atoms with E-state index in [1.807, 2.05) is 19.1 Å². The van der Waals surface area contributed by atoms with E-state index in [1.165, 1.54) is 11.1 Å². The molecule has 1 aromatic carbocycles. The first kappa shape index (κ1) is 11.3. The van der Waals surface area contributed by atoms with Crippen molar-refractivity contribution in [2.45, 2.75) is 19.3 Å². The number of nitrogens with zero attached hydrogens (tertiary/aromatic N) is 1. The zero-order valence-corrected chi connectivity index (χ0v) is 10.3. The molecule has 0 spiro atoms. The maximum Gasteiger partial charge on any atom is 0.324 e. The molecule has 3 amide bonds. The fourth-order valence-electron chi connectivity index (χ4n) is 2.75. The monoisotopic (exact) mass is 244 g/mol. The predicted octanol–water partition coefficient (Wildman–Crippen LogP) is 1.51. The van der Waals surface area contributed by atoms with E-state index in [2.05, 4.69) is 17.4 Å². The third kappa shape index (κ3) is 1.78. The fraction of sp³-hybridized carbons (Fsp3) is 0.429. The Balaban J connectivity index is 1.68. The van der Waals surface area contributed by atoms with Crippen molar-refractivity contribution >= 4 is 11.9 Å². The van der Waals surface area contributed by atoms with Gasteiger partial charge in [-0.3, -0.25) is 10.1 Å². The molecular formula is C14H16N2O2. The average molecular weight is 244 g/mol. The molecule has 0 bridgehead atoms. The summed E-state index contributed by atoms with van der Waals surface area (Å²) in [6.07, 6.45) is 1.03. The average Bonchev–Trinajstić information content (AvgIpc) is 2.32. The number of fused-ring (bicyclic) bond motifs is 1. The van der Waals surface area contributed by atoms with Gasteiger partial charge in [-0.05, 0) is 17.5 Å². The highest BCUT2D eigenvalue weighted by atomic mass is 16.2. The van der Waals surface area contributed by atoms with Gasteiger partial charge in [-0.1, -0.05) is 31.2 Å². The molecular weight excluding hydrogens is 228 g/mol. The Labute approximate surface area is 106 Å². The van der Waals surface area contributed by atoms with Crippen molar-refractivity contribution in [3.8, 4) is 0 Å². The van der Waals surface area contributed by atoms with Gasteiger partial charge in [-0.25, -0.2) is 4.79 Å². The summed E-state index contributed by atoms with van der Waals surface area (Å²) in [5.41, 5.74) is 2.72. The molecule has 4 heteroatoms. The molecule has 3 rings (SSSR count). The topological polar surface area (TPSA) is 49.4 Å². The molecule has 1 aliphatic heterocycles. The quantitative estimate of drug-likeness (QED) is 0.857. The maximum absolute atomic E-state index is 11.7. The molecule has 1 N–H and O–H groups in total. The molecule has 1 fully saturated rings. The number of nitrogens with one attached hydrogen (secondary N) is 1. The van der Waals surface area contributed by atoms with E-state index >= 15 is 0 Å². The molecule has 1 saturated heterocycles. The van der Waals surface area contributed by atoms with E-state index in [9.17, 15) is 9.59 Å². The van der Waals surface area contributed by atoms with Crippen LogP contribution in [0.4, 0.5) is 4.79 Å². The molecule has 2 unspecified atom stereocenters. The molecule has 2 aliphatic rings. The number of hydrogen-bond donors (Lipinski definition) is 1. The van der Waals surface area contributed by atoms with Gasteiger partial charge in [-0.15, -0.1) is 0 Å². The lowest BCUT2D eigenvalue weighted by molar-refractivity contribution is -0.125. The van der Waals surface area contributed by atoms with Crippen molar-refractivity contribution in [1.29, 1.82) is 0 Å². The molecule has 18 heavy (non-hydrogen) atoms. The number of urea groups is 1. The molecule has 4 nitrogen and oxygen atoms in total. The van der Waals surface area contributed by atoms with Gasteiger partial charge in [-0.2, -0.15) is 0 Å². The van der Waals surface area contributed by atoms with Crippen molar-refractivity contribution in [3.05, 3.63) is 35.4 Å². The van der Waals surface area contributed by atoms with E-state index in [0.717, 1.165) is 6.42 Å². The van der Waals surface area contributed by atoms with E-state index < -0.39 is 0 Å². The molecule has 0 radical (unpaired) electrons. The number of amides is 3. The summed E-state index contributed by atoms with van der Waals surface area (Å²) >= 11 is 0. The van der Waals surface area contributed by atoms with Gasteiger partial charge in [0.2, 0.25) is 5.91 Å². The van der Waals surface area contributed by atoms with E-state index in [1.54, 1.807) is 4.90 Å². The molecule has 2 atom stereocenters. The van der Waals surface area contributed by atoms with Crippen LogP contribution >= 0.6 is 0 Å². The van der Waals surface area contributed by atoms with Crippen LogP contribution < -0.4 is 5.32 Å². The summed E-state index contributed by atoms with van der Waals surface area (Å²) in [4.78, 5) is 24.8. The summed E-state index contributed by atoms with van der Waals surface area (Å²) in [5.74, 6) is 0.149. The van der Waals surface area contributed by atoms with Crippen molar-refractivity contribution in [2.75, 3.05) is 13.1 Å². The number of hydrogen-bond acceptors (Lipinski definition) is 2. The third-order valence-corrected chi connectivity index (χ3v) is 3.86. The van der Waals surface area contributed by atoms with Gasteiger partial charge >= 0.3 is 6.03 Å². The van der Waals surface area contributed by atoms with Gasteiger partial charge in [0.15, 0.2) is 0 Å². The van der Waals surface area contributed by atoms with Crippen LogP contribution in [0.3, 0.4) is 0 Å². The first-order valence-electron chi connectivity index (χ1n) is 6.32. The van der Waals surface area contributed by atoms with Gasteiger partial charge < -0.3 is 4.90 Å². The number of benzene rings is 1. The van der Waals surface area contributed by atoms with Crippen molar-refractivity contribution in [2.24, 2.45) is 5.92 Å². The normalized spacial score (nSPS) is 26.4. The van der Waals surface area contributed by atoms with E-state index in [-0.39, 0.29) is 17.9 Å². The van der Waals surface area contributed by atoms with E-state index in [0.29, 0.717) is 19.0 Å². The van der Waals surface area contributed by atoms with Gasteiger partial charge in [0.25, 0.3) is 0 Å². The number of imide groups is 1. The van der Waals surface area contributed by atoms with Crippen LogP contribution in [-0.4, -0.2) is 29.9 Å². The van der Waals surface area contributed by atoms with Gasteiger partial charge in [0, 0.05) is 19.0 Å². The zero-order valence-electron chi connectivity index (χ0n) is 10.3. The highest BCUT2D eigenvalue weighted by molar-refractivity contribution is 5.97. The standard InChI is InChI=1S/C14H16N2O2/c1-9-7-16(14(18)15-13(9)17)8-11-6-10-4-2-3-5-12(10)11/h2-5,9,11H,6-8H2,1H3,(H,15,17,18). The van der Waals surface area contributed by atoms with Gasteiger partial charge in [0.05, 0.1) is 5.92 Å². The second-order valence-corrected chi connectivity index (χ2v) is 5.20. The Bertz CT molecular complexity index is 512. The van der Waals surface area contributed by atoms with Gasteiger partial charge in [0.1, 0.15) is 0 Å². The zero-order chi connectivity index (χ0) is 12.7. The lowest BCUT2D eigenvalue weighted by Crippen LogP contribution is -2.55. The Hall–Kier alpha value is -1.84. The van der Waals surface area contributed by atoms with Crippen molar-refractivity contribution < 1.29 is 9.59 Å². The summed E-state index contributed by atoms with van der Waals surface area (Å²) in [7, 11) is 0. The fourth-order valence-corrected chi connectivity index (χ4v) is 2.75. The molecule has 1 aliphatic carbocycles. The smallest absolute Gasteiger partial charge is 0.323 e. The lowest BCUT2D eigenvalue weighted by Gasteiger charge is -2.37. The summed E-state index contributed by atoms with van der Waals surface area (Å²) in [5, 5.41) is 2.40. The summed E-state index contributed by atoms with van der Waals surface area (Å²) < 4.78 is 0. The number of carbonyl (C=O) groups is 2. The van der Waals surface area contributed by atoms with E-state index in [4.69, 9.17) is 0 Å². The molecule has 0 aromatic heterocycles. The van der Waals surface area contributed by atoms with Crippen LogP contribution in [0.2, 0.25) is 0 Å². The number of carbonyl (C=O) groups excluding carboxylic acids is 2. The molecule has 1 aromatic rings. The minimum atomic E-state index is -0.248. The highest BCUT2D eigenvalue weighted by Crippen LogP contribution is 2.35. The largest absolute Gasteiger partial charge is 0.324 e. The first-order valence-corrected chi connectivity index (χ1v) is 6.32. The Kier molecular flexibility index (Phi) is 2.58. The SMILES string of the molecule is CC1CN(CC2Cc3ccccc32)C(=O)NC1=O. The minimum Gasteiger partial charge on any atom is -0.323 e. The highest BCUT2D eigenvalue weighted by Gasteiger charge is 2.33. The van der Waals surface area contributed by atoms with Crippen molar-refractivity contribution in [3.63, 3.8) is 0 Å². The minimum absolute atomic E-state index is 0.113. The molecule has 1 heterocycles. The Morgan fingerprint density at radius 1 is 1.33 bits per heavy atom. The maximum atomic E-state index is 11.7. The van der Waals surface area contributed by atoms with Crippen molar-refractivity contribution in [1.82, 2.24) is 10.2 Å². The second-order valence-electron chi connectivity index (χ2n) is 5.20. The lowest BCUT2D eigenvalue weighted by atomic mass is 9.77. The summed E-state index contributed by atoms with van der Waals surface area (Å²) in [6.45, 7) is 3.09. The van der Waals surface area contributed by atoms with Crippen LogP contribution in [0, 0.1) is 5.92 Å². The third-order valence-electron chi connectivity index (χ3n) is 3.86. The Morgan fingerprint density at radius 2 is 2.11 bits per heavy atom.